The van der Waals surface area contributed by atoms with Gasteiger partial charge in [-0.3, -0.25) is 4.90 Å². The van der Waals surface area contributed by atoms with Gasteiger partial charge >= 0.3 is 12.5 Å². The largest absolute Gasteiger partial charge is 0.573 e. The van der Waals surface area contributed by atoms with Crippen LogP contribution >= 0.6 is 22.9 Å². The van der Waals surface area contributed by atoms with E-state index in [1.807, 2.05) is 25.7 Å². The van der Waals surface area contributed by atoms with E-state index < -0.39 is 17.7 Å². The molecule has 35 heavy (non-hydrogen) atoms. The molecule has 2 aromatic heterocycles. The second kappa shape index (κ2) is 8.44. The number of halogens is 4. The first kappa shape index (κ1) is 24.0. The normalized spacial score (nSPS) is 20.5. The van der Waals surface area contributed by atoms with Gasteiger partial charge in [0.15, 0.2) is 16.8 Å². The maximum Gasteiger partial charge on any atom is 0.573 e. The van der Waals surface area contributed by atoms with E-state index in [1.165, 1.54) is 17.4 Å². The van der Waals surface area contributed by atoms with Crippen molar-refractivity contribution in [3.05, 3.63) is 22.0 Å². The van der Waals surface area contributed by atoms with Gasteiger partial charge in [-0.15, -0.1) is 24.5 Å². The van der Waals surface area contributed by atoms with E-state index in [9.17, 15) is 18.0 Å². The second-order valence-corrected chi connectivity index (χ2v) is 10.6. The highest BCUT2D eigenvalue weighted by atomic mass is 35.5. The van der Waals surface area contributed by atoms with E-state index in [1.54, 1.807) is 15.8 Å². The number of fused-ring (bicyclic) bond motifs is 3. The van der Waals surface area contributed by atoms with E-state index >= 15 is 0 Å². The lowest BCUT2D eigenvalue weighted by atomic mass is 10.1. The summed E-state index contributed by atoms with van der Waals surface area (Å²) >= 11 is 7.51. The first-order valence-electron chi connectivity index (χ1n) is 10.9. The van der Waals surface area contributed by atoms with Crippen LogP contribution in [0.5, 0.6) is 5.75 Å². The topological polar surface area (TPSA) is 80.9 Å². The van der Waals surface area contributed by atoms with E-state index in [2.05, 4.69) is 14.7 Å². The Bertz CT molecular complexity index is 1240. The van der Waals surface area contributed by atoms with E-state index in [0.717, 1.165) is 12.8 Å². The molecule has 2 fully saturated rings. The molecule has 2 saturated heterocycles. The molecule has 8 nitrogen and oxygen atoms in total. The standard InChI is InChI=1S/C22H22ClF3N4O4S/c1-21(2,3)34-20(31)30-11-4-5-12(30)8-29(7-11)19-28-16-17(32-19)13(15-9-35-10-27-15)6-14(23)18(16)33-22(24,25)26/h6,9-12H,4-5,7-8H2,1-3H3. The summed E-state index contributed by atoms with van der Waals surface area (Å²) in [5, 5.41) is 1.48. The SMILES string of the molecule is CC(C)(C)OC(=O)N1C2CCC1CN(c1nc3c(OC(F)(F)F)c(Cl)cc(-c4cscn4)c3o1)C2. The van der Waals surface area contributed by atoms with Crippen LogP contribution in [-0.2, 0) is 4.74 Å². The molecule has 0 aliphatic carbocycles. The Kier molecular flexibility index (Phi) is 5.78. The van der Waals surface area contributed by atoms with Crippen LogP contribution in [0.25, 0.3) is 22.4 Å². The predicted molar refractivity (Wildman–Crippen MR) is 124 cm³/mol. The number of aromatic nitrogens is 2. The van der Waals surface area contributed by atoms with Gasteiger partial charge in [-0.1, -0.05) is 11.6 Å². The zero-order valence-electron chi connectivity index (χ0n) is 19.1. The minimum atomic E-state index is -4.96. The van der Waals surface area contributed by atoms with Crippen LogP contribution in [0.2, 0.25) is 5.02 Å². The van der Waals surface area contributed by atoms with Crippen LogP contribution in [0.1, 0.15) is 33.6 Å². The fourth-order valence-electron chi connectivity index (χ4n) is 4.57. The van der Waals surface area contributed by atoms with Gasteiger partial charge in [-0.25, -0.2) is 9.78 Å². The summed E-state index contributed by atoms with van der Waals surface area (Å²) in [7, 11) is 0. The van der Waals surface area contributed by atoms with Crippen LogP contribution in [0.4, 0.5) is 24.0 Å². The number of piperazine rings is 1. The van der Waals surface area contributed by atoms with Crippen molar-refractivity contribution in [2.75, 3.05) is 18.0 Å². The molecule has 2 bridgehead atoms. The number of rotatable bonds is 3. The summed E-state index contributed by atoms with van der Waals surface area (Å²) in [4.78, 5) is 24.9. The highest BCUT2D eigenvalue weighted by molar-refractivity contribution is 7.07. The van der Waals surface area contributed by atoms with Crippen LogP contribution < -0.4 is 9.64 Å². The minimum Gasteiger partial charge on any atom is -0.444 e. The zero-order chi connectivity index (χ0) is 25.1. The fourth-order valence-corrected chi connectivity index (χ4v) is 5.36. The lowest BCUT2D eigenvalue weighted by molar-refractivity contribution is -0.274. The smallest absolute Gasteiger partial charge is 0.444 e. The molecule has 0 radical (unpaired) electrons. The van der Waals surface area contributed by atoms with Gasteiger partial charge in [0.1, 0.15) is 5.60 Å². The number of ether oxygens (including phenoxy) is 2. The summed E-state index contributed by atoms with van der Waals surface area (Å²) in [6.45, 7) is 6.24. The summed E-state index contributed by atoms with van der Waals surface area (Å²) < 4.78 is 55.2. The number of amides is 1. The molecule has 13 heteroatoms. The Morgan fingerprint density at radius 2 is 1.91 bits per heavy atom. The summed E-state index contributed by atoms with van der Waals surface area (Å²) in [5.74, 6) is -0.626. The van der Waals surface area contributed by atoms with Crippen LogP contribution in [0.15, 0.2) is 21.4 Å². The quantitative estimate of drug-likeness (QED) is 0.405. The Morgan fingerprint density at radius 1 is 1.23 bits per heavy atom. The minimum absolute atomic E-state index is 0.0940. The van der Waals surface area contributed by atoms with Crippen LogP contribution in [0, 0.1) is 0 Å². The summed E-state index contributed by atoms with van der Waals surface area (Å²) in [6.07, 6.45) is -3.78. The molecular weight excluding hydrogens is 509 g/mol. The second-order valence-electron chi connectivity index (χ2n) is 9.51. The molecular formula is C22H22ClF3N4O4S. The number of nitrogens with zero attached hydrogens (tertiary/aromatic N) is 4. The molecule has 4 heterocycles. The maximum absolute atomic E-state index is 13.1. The third kappa shape index (κ3) is 4.73. The Labute approximate surface area is 207 Å². The maximum atomic E-state index is 13.1. The van der Waals surface area contributed by atoms with Gasteiger partial charge in [-0.2, -0.15) is 4.98 Å². The van der Waals surface area contributed by atoms with Gasteiger partial charge < -0.3 is 18.8 Å². The number of hydrogen-bond donors (Lipinski definition) is 0. The molecule has 2 aliphatic heterocycles. The molecule has 1 amide bonds. The number of thiazole rings is 1. The van der Waals surface area contributed by atoms with Crippen molar-refractivity contribution >= 4 is 46.1 Å². The lowest BCUT2D eigenvalue weighted by Crippen LogP contribution is -2.56. The monoisotopic (exact) mass is 530 g/mol. The Balaban J connectivity index is 1.51. The van der Waals surface area contributed by atoms with Crippen LogP contribution in [-0.4, -0.2) is 58.1 Å². The average molecular weight is 531 g/mol. The molecule has 1 aromatic carbocycles. The molecule has 188 valence electrons. The highest BCUT2D eigenvalue weighted by Crippen LogP contribution is 2.44. The van der Waals surface area contributed by atoms with Gasteiger partial charge in [0.2, 0.25) is 0 Å². The number of carbonyl (C=O) groups excluding carboxylic acids is 1. The van der Waals surface area contributed by atoms with Crippen molar-refractivity contribution < 1.29 is 31.9 Å². The average Bonchev–Trinajstić information content (AvgIpc) is 3.46. The molecule has 0 spiro atoms. The van der Waals surface area contributed by atoms with Crippen LogP contribution in [0.3, 0.4) is 0 Å². The van der Waals surface area contributed by atoms with E-state index in [-0.39, 0.29) is 40.3 Å². The summed E-state index contributed by atoms with van der Waals surface area (Å²) in [6, 6.07) is 1.20. The number of benzene rings is 1. The first-order valence-corrected chi connectivity index (χ1v) is 12.3. The third-order valence-electron chi connectivity index (χ3n) is 5.85. The number of oxazole rings is 1. The van der Waals surface area contributed by atoms with Crippen molar-refractivity contribution in [2.45, 2.75) is 57.7 Å². The third-order valence-corrected chi connectivity index (χ3v) is 6.71. The van der Waals surface area contributed by atoms with Crippen molar-refractivity contribution in [3.8, 4) is 17.0 Å². The number of alkyl halides is 3. The van der Waals surface area contributed by atoms with Crippen molar-refractivity contribution in [2.24, 2.45) is 0 Å². The predicted octanol–water partition coefficient (Wildman–Crippen LogP) is 6.09. The first-order chi connectivity index (χ1) is 16.4. The molecule has 0 saturated carbocycles. The number of anilines is 1. The fraction of sp³-hybridized carbons (Fsp3) is 0.500. The number of hydrogen-bond acceptors (Lipinski definition) is 8. The van der Waals surface area contributed by atoms with Crippen molar-refractivity contribution in [1.82, 2.24) is 14.9 Å². The molecule has 2 atom stereocenters. The Hall–Kier alpha value is -2.73. The van der Waals surface area contributed by atoms with Gasteiger partial charge in [-0.05, 0) is 39.7 Å². The molecule has 2 aliphatic rings. The molecule has 0 N–H and O–H groups in total. The van der Waals surface area contributed by atoms with E-state index in [0.29, 0.717) is 24.3 Å². The number of carbonyl (C=O) groups is 1. The summed E-state index contributed by atoms with van der Waals surface area (Å²) in [5.41, 5.74) is 1.84. The molecule has 5 rings (SSSR count). The van der Waals surface area contributed by atoms with Gasteiger partial charge in [0, 0.05) is 24.0 Å². The van der Waals surface area contributed by atoms with E-state index in [4.69, 9.17) is 20.8 Å². The van der Waals surface area contributed by atoms with Crippen molar-refractivity contribution in [3.63, 3.8) is 0 Å². The molecule has 3 aromatic rings. The molecule has 2 unspecified atom stereocenters. The lowest BCUT2D eigenvalue weighted by Gasteiger charge is -2.40. The Morgan fingerprint density at radius 3 is 2.49 bits per heavy atom. The zero-order valence-corrected chi connectivity index (χ0v) is 20.6. The van der Waals surface area contributed by atoms with Crippen molar-refractivity contribution in [1.29, 1.82) is 0 Å². The van der Waals surface area contributed by atoms with Gasteiger partial charge in [0.05, 0.1) is 28.3 Å². The van der Waals surface area contributed by atoms with Gasteiger partial charge in [0.25, 0.3) is 6.01 Å². The highest BCUT2D eigenvalue weighted by Gasteiger charge is 2.45.